The summed E-state index contributed by atoms with van der Waals surface area (Å²) >= 11 is 6.17. The predicted octanol–water partition coefficient (Wildman–Crippen LogP) is 4.26. The first-order valence-electron chi connectivity index (χ1n) is 11.1. The normalized spacial score (nSPS) is 13.7. The molecular formula is C25H22ClN5O3S. The molecule has 3 heterocycles. The van der Waals surface area contributed by atoms with Gasteiger partial charge in [-0.05, 0) is 55.7 Å². The third kappa shape index (κ3) is 5.01. The van der Waals surface area contributed by atoms with E-state index in [1.807, 2.05) is 18.3 Å². The van der Waals surface area contributed by atoms with Crippen LogP contribution in [0.4, 0.5) is 0 Å². The van der Waals surface area contributed by atoms with Crippen LogP contribution in [0.15, 0.2) is 53.8 Å². The maximum absolute atomic E-state index is 12.7. The molecule has 3 aromatic heterocycles. The molecule has 1 aliphatic carbocycles. The second kappa shape index (κ2) is 8.98. The third-order valence-electron chi connectivity index (χ3n) is 5.93. The number of hydrogen-bond acceptors (Lipinski definition) is 7. The summed E-state index contributed by atoms with van der Waals surface area (Å²) in [6.07, 6.45) is 8.60. The topological polar surface area (TPSA) is 115 Å². The molecule has 0 spiro atoms. The van der Waals surface area contributed by atoms with Gasteiger partial charge in [0.25, 0.3) is 5.91 Å². The number of halogens is 1. The second-order valence-electron chi connectivity index (χ2n) is 8.70. The lowest BCUT2D eigenvalue weighted by atomic mass is 10.1. The Balaban J connectivity index is 1.37. The van der Waals surface area contributed by atoms with Crippen LogP contribution < -0.4 is 5.32 Å². The molecule has 0 atom stereocenters. The molecule has 1 aliphatic rings. The standard InChI is InChI=1S/C25H22ClN5O3S/c1-14-19(26)7-17(8-24(14)35(2,33)34)25(32)29-11-18-9-21-16(10-28-18)5-6-20(30-21)23-13-27-12-22(31-23)15-3-4-15/h5-10,12-13,15H,3-4,11H2,1-2H3,(H,29,32). The Kier molecular flexibility index (Phi) is 5.98. The Morgan fingerprint density at radius 2 is 1.89 bits per heavy atom. The van der Waals surface area contributed by atoms with E-state index in [1.165, 1.54) is 12.1 Å². The zero-order chi connectivity index (χ0) is 24.7. The fourth-order valence-corrected chi connectivity index (χ4v) is 5.10. The lowest BCUT2D eigenvalue weighted by Crippen LogP contribution is -2.23. The Morgan fingerprint density at radius 3 is 2.63 bits per heavy atom. The van der Waals surface area contributed by atoms with E-state index >= 15 is 0 Å². The summed E-state index contributed by atoms with van der Waals surface area (Å²) in [5.41, 5.74) is 4.34. The predicted molar refractivity (Wildman–Crippen MR) is 133 cm³/mol. The first kappa shape index (κ1) is 23.3. The number of benzene rings is 1. The number of aromatic nitrogens is 4. The van der Waals surface area contributed by atoms with Crippen molar-refractivity contribution in [3.05, 3.63) is 76.5 Å². The van der Waals surface area contributed by atoms with Crippen molar-refractivity contribution < 1.29 is 13.2 Å². The van der Waals surface area contributed by atoms with E-state index in [4.69, 9.17) is 21.6 Å². The summed E-state index contributed by atoms with van der Waals surface area (Å²) in [4.78, 5) is 30.9. The third-order valence-corrected chi connectivity index (χ3v) is 7.55. The summed E-state index contributed by atoms with van der Waals surface area (Å²) in [6, 6.07) is 8.43. The van der Waals surface area contributed by atoms with Crippen LogP contribution in [0.3, 0.4) is 0 Å². The fourth-order valence-electron chi connectivity index (χ4n) is 3.82. The average molecular weight is 508 g/mol. The molecule has 8 nitrogen and oxygen atoms in total. The minimum atomic E-state index is -3.53. The summed E-state index contributed by atoms with van der Waals surface area (Å²) in [7, 11) is -3.53. The van der Waals surface area contributed by atoms with Crippen molar-refractivity contribution in [2.24, 2.45) is 0 Å². The summed E-state index contributed by atoms with van der Waals surface area (Å²) < 4.78 is 24.1. The molecule has 0 unspecified atom stereocenters. The van der Waals surface area contributed by atoms with Gasteiger partial charge in [0.05, 0.1) is 40.2 Å². The molecule has 178 valence electrons. The summed E-state index contributed by atoms with van der Waals surface area (Å²) in [6.45, 7) is 1.74. The van der Waals surface area contributed by atoms with Crippen molar-refractivity contribution in [3.63, 3.8) is 0 Å². The first-order chi connectivity index (χ1) is 16.7. The number of amides is 1. The molecule has 1 fully saturated rings. The van der Waals surface area contributed by atoms with Gasteiger partial charge in [-0.25, -0.2) is 18.4 Å². The minimum Gasteiger partial charge on any atom is -0.346 e. The molecule has 4 aromatic rings. The van der Waals surface area contributed by atoms with Crippen molar-refractivity contribution in [2.75, 3.05) is 6.26 Å². The van der Waals surface area contributed by atoms with Gasteiger partial charge in [0.15, 0.2) is 9.84 Å². The maximum atomic E-state index is 12.7. The van der Waals surface area contributed by atoms with Gasteiger partial charge >= 0.3 is 0 Å². The van der Waals surface area contributed by atoms with Crippen LogP contribution in [0.2, 0.25) is 5.02 Å². The quantitative estimate of drug-likeness (QED) is 0.414. The van der Waals surface area contributed by atoms with E-state index in [0.717, 1.165) is 47.1 Å². The van der Waals surface area contributed by atoms with Gasteiger partial charge in [-0.2, -0.15) is 0 Å². The highest BCUT2D eigenvalue weighted by Gasteiger charge is 2.25. The Labute approximate surface area is 207 Å². The number of nitrogens with one attached hydrogen (secondary N) is 1. The molecule has 1 N–H and O–H groups in total. The monoisotopic (exact) mass is 507 g/mol. The van der Waals surface area contributed by atoms with Gasteiger partial charge in [0.1, 0.15) is 5.69 Å². The Hall–Kier alpha value is -3.43. The average Bonchev–Trinajstić information content (AvgIpc) is 3.68. The molecule has 35 heavy (non-hydrogen) atoms. The van der Waals surface area contributed by atoms with Crippen molar-refractivity contribution in [2.45, 2.75) is 37.1 Å². The lowest BCUT2D eigenvalue weighted by Gasteiger charge is -2.10. The smallest absolute Gasteiger partial charge is 0.251 e. The van der Waals surface area contributed by atoms with Crippen LogP contribution in [0.25, 0.3) is 22.3 Å². The van der Waals surface area contributed by atoms with Crippen LogP contribution in [0.5, 0.6) is 0 Å². The van der Waals surface area contributed by atoms with E-state index in [9.17, 15) is 13.2 Å². The van der Waals surface area contributed by atoms with Gasteiger partial charge in [-0.1, -0.05) is 11.6 Å². The van der Waals surface area contributed by atoms with Gasteiger partial charge in [-0.3, -0.25) is 14.8 Å². The van der Waals surface area contributed by atoms with E-state index < -0.39 is 15.7 Å². The van der Waals surface area contributed by atoms with Gasteiger partial charge in [0, 0.05) is 40.5 Å². The molecular weight excluding hydrogens is 486 g/mol. The molecule has 0 saturated heterocycles. The van der Waals surface area contributed by atoms with E-state index in [1.54, 1.807) is 25.4 Å². The number of nitrogens with zero attached hydrogens (tertiary/aromatic N) is 4. The maximum Gasteiger partial charge on any atom is 0.251 e. The number of hydrogen-bond donors (Lipinski definition) is 1. The zero-order valence-electron chi connectivity index (χ0n) is 19.1. The fraction of sp³-hybridized carbons (Fsp3) is 0.240. The van der Waals surface area contributed by atoms with E-state index in [0.29, 0.717) is 17.2 Å². The molecule has 10 heteroatoms. The molecule has 5 rings (SSSR count). The summed E-state index contributed by atoms with van der Waals surface area (Å²) in [5.74, 6) is 0.0480. The molecule has 0 radical (unpaired) electrons. The van der Waals surface area contributed by atoms with E-state index in [2.05, 4.69) is 15.3 Å². The van der Waals surface area contributed by atoms with Crippen LogP contribution in [0.1, 0.15) is 46.1 Å². The molecule has 0 bridgehead atoms. The van der Waals surface area contributed by atoms with Crippen molar-refractivity contribution >= 4 is 38.2 Å². The largest absolute Gasteiger partial charge is 0.346 e. The summed E-state index contributed by atoms with van der Waals surface area (Å²) in [5, 5.41) is 3.85. The van der Waals surface area contributed by atoms with Crippen molar-refractivity contribution in [1.29, 1.82) is 0 Å². The first-order valence-corrected chi connectivity index (χ1v) is 13.3. The van der Waals surface area contributed by atoms with Crippen LogP contribution in [-0.4, -0.2) is 40.5 Å². The minimum absolute atomic E-state index is 0.0320. The van der Waals surface area contributed by atoms with Crippen molar-refractivity contribution in [1.82, 2.24) is 25.3 Å². The Bertz CT molecular complexity index is 1590. The highest BCUT2D eigenvalue weighted by molar-refractivity contribution is 7.90. The zero-order valence-corrected chi connectivity index (χ0v) is 20.7. The molecule has 0 aliphatic heterocycles. The van der Waals surface area contributed by atoms with Crippen LogP contribution in [0, 0.1) is 6.92 Å². The molecule has 1 amide bonds. The number of fused-ring (bicyclic) bond motifs is 1. The van der Waals surface area contributed by atoms with Gasteiger partial charge in [-0.15, -0.1) is 0 Å². The second-order valence-corrected chi connectivity index (χ2v) is 11.1. The number of sulfone groups is 1. The van der Waals surface area contributed by atoms with Gasteiger partial charge in [0.2, 0.25) is 0 Å². The number of carbonyl (C=O) groups excluding carboxylic acids is 1. The highest BCUT2D eigenvalue weighted by atomic mass is 35.5. The van der Waals surface area contributed by atoms with E-state index in [-0.39, 0.29) is 22.0 Å². The Morgan fingerprint density at radius 1 is 1.09 bits per heavy atom. The van der Waals surface area contributed by atoms with Crippen LogP contribution >= 0.6 is 11.6 Å². The SMILES string of the molecule is Cc1c(Cl)cc(C(=O)NCc2cc3nc(-c4cncc(C5CC5)n4)ccc3cn2)cc1S(C)(=O)=O. The molecule has 1 aromatic carbocycles. The highest BCUT2D eigenvalue weighted by Crippen LogP contribution is 2.39. The number of carbonyl (C=O) groups is 1. The molecule has 1 saturated carbocycles. The van der Waals surface area contributed by atoms with Gasteiger partial charge < -0.3 is 5.32 Å². The van der Waals surface area contributed by atoms with Crippen molar-refractivity contribution in [3.8, 4) is 11.4 Å². The van der Waals surface area contributed by atoms with Crippen LogP contribution in [-0.2, 0) is 16.4 Å². The lowest BCUT2D eigenvalue weighted by molar-refractivity contribution is 0.0950. The number of pyridine rings is 2. The number of rotatable bonds is 6.